The van der Waals surface area contributed by atoms with Gasteiger partial charge >= 0.3 is 187 Å². The van der Waals surface area contributed by atoms with Crippen LogP contribution in [0.3, 0.4) is 0 Å². The van der Waals surface area contributed by atoms with E-state index in [2.05, 4.69) is 104 Å². The molecule has 5 aromatic rings. The Balaban J connectivity index is 1.80. The van der Waals surface area contributed by atoms with Crippen molar-refractivity contribution in [3.8, 4) is 11.3 Å². The minimum atomic E-state index is -1.87. The molecule has 0 atom stereocenters. The summed E-state index contributed by atoms with van der Waals surface area (Å²) in [6.45, 7) is 4.40. The van der Waals surface area contributed by atoms with Gasteiger partial charge in [0.25, 0.3) is 0 Å². The van der Waals surface area contributed by atoms with Gasteiger partial charge in [0, 0.05) is 0 Å². The van der Waals surface area contributed by atoms with Gasteiger partial charge in [0.05, 0.1) is 0 Å². The van der Waals surface area contributed by atoms with E-state index in [0.717, 1.165) is 22.5 Å². The molecule has 31 heavy (non-hydrogen) atoms. The van der Waals surface area contributed by atoms with Crippen LogP contribution in [0.4, 0.5) is 0 Å². The average Bonchev–Trinajstić information content (AvgIpc) is 2.78. The zero-order valence-corrected chi connectivity index (χ0v) is 21.0. The van der Waals surface area contributed by atoms with Crippen LogP contribution in [0.15, 0.2) is 72.9 Å². The monoisotopic (exact) mass is 466 g/mol. The molecule has 0 fully saturated rings. The molecule has 2 aromatic heterocycles. The first-order valence-electron chi connectivity index (χ1n) is 11.0. The second-order valence-electron chi connectivity index (χ2n) is 9.78. The van der Waals surface area contributed by atoms with Crippen LogP contribution in [-0.4, -0.2) is 23.2 Å². The summed E-state index contributed by atoms with van der Waals surface area (Å²) in [7, 11) is 0. The predicted molar refractivity (Wildman–Crippen MR) is 137 cm³/mol. The Kier molecular flexibility index (Phi) is 4.86. The van der Waals surface area contributed by atoms with E-state index in [1.165, 1.54) is 31.3 Å². The van der Waals surface area contributed by atoms with Crippen molar-refractivity contribution < 1.29 is 0 Å². The van der Waals surface area contributed by atoms with Crippen molar-refractivity contribution in [2.45, 2.75) is 37.0 Å². The molecule has 0 amide bonds. The number of rotatable bonds is 3. The molecule has 0 unspecified atom stereocenters. The van der Waals surface area contributed by atoms with E-state index in [1.807, 2.05) is 0 Å². The predicted octanol–water partition coefficient (Wildman–Crippen LogP) is 7.27. The number of hydrogen-bond donors (Lipinski definition) is 0. The first kappa shape index (κ1) is 20.2. The van der Waals surface area contributed by atoms with E-state index in [-0.39, 0.29) is 0 Å². The molecule has 3 heteroatoms. The Hall–Kier alpha value is -2.72. The summed E-state index contributed by atoms with van der Waals surface area (Å²) in [5.74, 6) is 7.61. The van der Waals surface area contributed by atoms with E-state index in [1.54, 1.807) is 0 Å². The van der Waals surface area contributed by atoms with Crippen LogP contribution in [0, 0.1) is 0 Å². The fourth-order valence-electron chi connectivity index (χ4n) is 4.31. The number of aromatic nitrogens is 2. The van der Waals surface area contributed by atoms with E-state index in [9.17, 15) is 0 Å². The molecule has 0 N–H and O–H groups in total. The Morgan fingerprint density at radius 3 is 2.03 bits per heavy atom. The number of fused-ring (bicyclic) bond motifs is 6. The number of benzene rings is 3. The van der Waals surface area contributed by atoms with Crippen molar-refractivity contribution in [2.75, 3.05) is 0 Å². The summed E-state index contributed by atoms with van der Waals surface area (Å²) >= 11 is -1.87. The van der Waals surface area contributed by atoms with Crippen LogP contribution >= 0.6 is 0 Å². The maximum absolute atomic E-state index is 5.12. The SMILES string of the molecule is CC(C)c1ccc2c3ccccc3c3ccc(-c4cc[c]([Ge]([CH3])([CH3])[CH3])cn4)cc3c2n1. The number of nitrogens with zero attached hydrogens (tertiary/aromatic N) is 2. The van der Waals surface area contributed by atoms with Crippen LogP contribution in [0.2, 0.25) is 17.3 Å². The number of pyridine rings is 2. The fraction of sp³-hybridized carbons (Fsp3) is 0.214. The van der Waals surface area contributed by atoms with Gasteiger partial charge in [-0.1, -0.05) is 0 Å². The van der Waals surface area contributed by atoms with E-state index < -0.39 is 13.3 Å². The molecule has 0 aliphatic carbocycles. The summed E-state index contributed by atoms with van der Waals surface area (Å²) in [4.78, 5) is 9.96. The quantitative estimate of drug-likeness (QED) is 0.207. The van der Waals surface area contributed by atoms with Gasteiger partial charge in [0.15, 0.2) is 0 Å². The molecule has 0 aliphatic rings. The van der Waals surface area contributed by atoms with Gasteiger partial charge in [0.2, 0.25) is 0 Å². The van der Waals surface area contributed by atoms with Crippen molar-refractivity contribution >= 4 is 50.1 Å². The fourth-order valence-corrected chi connectivity index (χ4v) is 6.49. The van der Waals surface area contributed by atoms with Crippen LogP contribution in [-0.2, 0) is 0 Å². The van der Waals surface area contributed by atoms with E-state index in [0.29, 0.717) is 5.92 Å². The van der Waals surface area contributed by atoms with Crippen molar-refractivity contribution in [1.82, 2.24) is 9.97 Å². The van der Waals surface area contributed by atoms with Crippen LogP contribution in [0.25, 0.3) is 43.7 Å². The Morgan fingerprint density at radius 1 is 0.710 bits per heavy atom. The molecule has 2 heterocycles. The Labute approximate surface area is 186 Å². The van der Waals surface area contributed by atoms with Crippen molar-refractivity contribution in [1.29, 1.82) is 0 Å². The molecule has 0 spiro atoms. The summed E-state index contributed by atoms with van der Waals surface area (Å²) in [6, 6.07) is 24.3. The second kappa shape index (κ2) is 7.45. The van der Waals surface area contributed by atoms with E-state index >= 15 is 0 Å². The minimum absolute atomic E-state index is 0.395. The van der Waals surface area contributed by atoms with Gasteiger partial charge in [0.1, 0.15) is 0 Å². The molecule has 0 bridgehead atoms. The van der Waals surface area contributed by atoms with Crippen LogP contribution in [0.5, 0.6) is 0 Å². The topological polar surface area (TPSA) is 25.8 Å². The first-order chi connectivity index (χ1) is 14.8. The van der Waals surface area contributed by atoms with Crippen molar-refractivity contribution in [2.24, 2.45) is 0 Å². The summed E-state index contributed by atoms with van der Waals surface area (Å²) in [6.07, 6.45) is 2.09. The zero-order valence-electron chi connectivity index (χ0n) is 18.9. The van der Waals surface area contributed by atoms with Gasteiger partial charge in [-0.05, 0) is 0 Å². The Morgan fingerprint density at radius 2 is 1.39 bits per heavy atom. The van der Waals surface area contributed by atoms with Crippen molar-refractivity contribution in [3.05, 3.63) is 78.6 Å². The first-order valence-corrected chi connectivity index (χ1v) is 18.4. The molecule has 3 aromatic carbocycles. The normalized spacial score (nSPS) is 12.3. The maximum atomic E-state index is 5.12. The molecule has 0 saturated heterocycles. The third kappa shape index (κ3) is 3.53. The molecule has 5 rings (SSSR count). The van der Waals surface area contributed by atoms with Gasteiger partial charge in [-0.15, -0.1) is 0 Å². The molecular formula is C28H28GeN2. The molecule has 2 nitrogen and oxygen atoms in total. The average molecular weight is 465 g/mol. The second-order valence-corrected chi connectivity index (χ2v) is 20.4. The summed E-state index contributed by atoms with van der Waals surface area (Å²) in [5.41, 5.74) is 4.39. The molecule has 0 radical (unpaired) electrons. The Bertz CT molecular complexity index is 1430. The van der Waals surface area contributed by atoms with E-state index in [4.69, 9.17) is 9.97 Å². The third-order valence-corrected chi connectivity index (χ3v) is 10.5. The van der Waals surface area contributed by atoms with Crippen LogP contribution < -0.4 is 4.40 Å². The summed E-state index contributed by atoms with van der Waals surface area (Å²) < 4.78 is 1.43. The number of hydrogen-bond acceptors (Lipinski definition) is 2. The molecule has 154 valence electrons. The zero-order chi connectivity index (χ0) is 21.8. The molecular weight excluding hydrogens is 437 g/mol. The molecule has 0 saturated carbocycles. The van der Waals surface area contributed by atoms with Gasteiger partial charge in [-0.2, -0.15) is 0 Å². The summed E-state index contributed by atoms with van der Waals surface area (Å²) in [5, 5.41) is 6.21. The molecule has 0 aliphatic heterocycles. The van der Waals surface area contributed by atoms with Gasteiger partial charge < -0.3 is 0 Å². The van der Waals surface area contributed by atoms with Crippen molar-refractivity contribution in [3.63, 3.8) is 0 Å². The van der Waals surface area contributed by atoms with Crippen LogP contribution in [0.1, 0.15) is 25.5 Å². The standard InChI is InChI=1S/C28H28GeN2/c1-18(2)26-15-13-24-22-9-7-6-8-21(22)23-12-10-19(16-25(23)28(24)31-26)27-14-11-20(17-30-27)29(3,4)5/h6-18H,1-5H3. The van der Waals surface area contributed by atoms with Gasteiger partial charge in [-0.25, -0.2) is 0 Å². The third-order valence-electron chi connectivity index (χ3n) is 6.22. The van der Waals surface area contributed by atoms with Gasteiger partial charge in [-0.3, -0.25) is 0 Å².